The summed E-state index contributed by atoms with van der Waals surface area (Å²) in [6.45, 7) is 1.42. The first kappa shape index (κ1) is 29.6. The number of pyridine rings is 1. The number of rotatable bonds is 8. The summed E-state index contributed by atoms with van der Waals surface area (Å²) < 4.78 is 47.2. The minimum atomic E-state index is -4.57. The Labute approximate surface area is 221 Å². The Morgan fingerprint density at radius 2 is 2.05 bits per heavy atom. The number of carbonyl (C=O) groups is 3. The van der Waals surface area contributed by atoms with Crippen LogP contribution in [0, 0.1) is 0 Å². The fourth-order valence-corrected chi connectivity index (χ4v) is 4.03. The Morgan fingerprint density at radius 3 is 2.59 bits per heavy atom. The lowest BCUT2D eigenvalue weighted by atomic mass is 10.1. The van der Waals surface area contributed by atoms with Crippen molar-refractivity contribution in [2.75, 3.05) is 38.7 Å². The normalized spacial score (nSPS) is 14.1. The third-order valence-electron chi connectivity index (χ3n) is 6.10. The van der Waals surface area contributed by atoms with Crippen molar-refractivity contribution in [1.29, 1.82) is 0 Å². The maximum Gasteiger partial charge on any atom is 0.422 e. The number of aldehydes is 1. The van der Waals surface area contributed by atoms with Gasteiger partial charge in [0, 0.05) is 19.1 Å². The number of carbonyl (C=O) groups excluding carboxylic acids is 3. The van der Waals surface area contributed by atoms with Crippen molar-refractivity contribution < 1.29 is 41.8 Å². The summed E-state index contributed by atoms with van der Waals surface area (Å²) in [6.07, 6.45) is 0.783. The van der Waals surface area contributed by atoms with Crippen molar-refractivity contribution in [2.24, 2.45) is 0 Å². The van der Waals surface area contributed by atoms with E-state index in [2.05, 4.69) is 20.6 Å². The number of aromatic amines is 1. The van der Waals surface area contributed by atoms with Crippen LogP contribution < -0.4 is 15.4 Å². The van der Waals surface area contributed by atoms with Gasteiger partial charge in [0.05, 0.1) is 28.6 Å². The van der Waals surface area contributed by atoms with E-state index in [-0.39, 0.29) is 40.6 Å². The lowest BCUT2D eigenvalue weighted by Gasteiger charge is -2.31. The largest absolute Gasteiger partial charge is 0.481 e. The highest BCUT2D eigenvalue weighted by Crippen LogP contribution is 2.33. The second kappa shape index (κ2) is 13.2. The molecule has 4 rings (SSSR count). The van der Waals surface area contributed by atoms with Crippen LogP contribution in [-0.4, -0.2) is 83.6 Å². The molecule has 1 fully saturated rings. The lowest BCUT2D eigenvalue weighted by Crippen LogP contribution is -2.44. The van der Waals surface area contributed by atoms with E-state index in [1.54, 1.807) is 11.8 Å². The van der Waals surface area contributed by atoms with E-state index >= 15 is 0 Å². The summed E-state index contributed by atoms with van der Waals surface area (Å²) >= 11 is 0. The lowest BCUT2D eigenvalue weighted by molar-refractivity contribution is -0.153. The molecule has 3 aromatic heterocycles. The summed E-state index contributed by atoms with van der Waals surface area (Å²) in [5, 5.41) is 14.6. The average molecular weight is 554 g/mol. The molecule has 0 saturated carbocycles. The molecule has 0 aliphatic carbocycles. The fourth-order valence-electron chi connectivity index (χ4n) is 4.03. The van der Waals surface area contributed by atoms with Gasteiger partial charge in [-0.05, 0) is 38.4 Å². The van der Waals surface area contributed by atoms with E-state index in [9.17, 15) is 27.6 Å². The van der Waals surface area contributed by atoms with E-state index in [4.69, 9.17) is 14.3 Å². The third-order valence-corrected chi connectivity index (χ3v) is 6.10. The predicted octanol–water partition coefficient (Wildman–Crippen LogP) is 2.91. The number of aromatic nitrogens is 2. The zero-order chi connectivity index (χ0) is 28.6. The van der Waals surface area contributed by atoms with Crippen molar-refractivity contribution in [3.05, 3.63) is 41.6 Å². The number of hydrogen-bond acceptors (Lipinski definition) is 8. The molecule has 212 valence electrons. The van der Waals surface area contributed by atoms with Gasteiger partial charge in [-0.25, -0.2) is 4.98 Å². The van der Waals surface area contributed by atoms with Gasteiger partial charge >= 0.3 is 6.18 Å². The Hall–Kier alpha value is -3.91. The van der Waals surface area contributed by atoms with Crippen molar-refractivity contribution in [3.8, 4) is 5.75 Å². The second-order valence-electron chi connectivity index (χ2n) is 8.69. The SMILES string of the molecule is CCc1nc2[nH]c(C=O)c(OCC(F)(F)F)c2cc1NC(=O)c1ccoc1.CNC1CCN(C(=O)CO)CC1. The number of fused-ring (bicyclic) bond motifs is 1. The number of alkyl halides is 3. The highest BCUT2D eigenvalue weighted by Gasteiger charge is 2.30. The van der Waals surface area contributed by atoms with Gasteiger partial charge in [0.2, 0.25) is 5.91 Å². The molecule has 0 spiro atoms. The first-order valence-electron chi connectivity index (χ1n) is 12.2. The summed E-state index contributed by atoms with van der Waals surface area (Å²) in [6, 6.07) is 3.42. The van der Waals surface area contributed by atoms with Gasteiger partial charge in [0.1, 0.15) is 24.2 Å². The number of H-pyrrole nitrogens is 1. The number of aliphatic hydroxyl groups excluding tert-OH is 1. The quantitative estimate of drug-likeness (QED) is 0.311. The van der Waals surface area contributed by atoms with Crippen molar-refractivity contribution in [1.82, 2.24) is 20.2 Å². The van der Waals surface area contributed by atoms with Gasteiger partial charge in [-0.1, -0.05) is 6.92 Å². The first-order valence-corrected chi connectivity index (χ1v) is 12.2. The van der Waals surface area contributed by atoms with Gasteiger partial charge in [0.25, 0.3) is 5.91 Å². The molecule has 0 aromatic carbocycles. The van der Waals surface area contributed by atoms with E-state index in [1.165, 1.54) is 24.7 Å². The van der Waals surface area contributed by atoms with Crippen molar-refractivity contribution in [2.45, 2.75) is 38.4 Å². The summed E-state index contributed by atoms with van der Waals surface area (Å²) in [5.74, 6) is -0.889. The summed E-state index contributed by atoms with van der Waals surface area (Å²) in [4.78, 5) is 43.1. The number of anilines is 1. The molecule has 1 saturated heterocycles. The number of aliphatic hydroxyl groups is 1. The van der Waals surface area contributed by atoms with Crippen LogP contribution in [0.15, 0.2) is 29.1 Å². The van der Waals surface area contributed by atoms with Crippen LogP contribution in [0.4, 0.5) is 18.9 Å². The number of amides is 2. The van der Waals surface area contributed by atoms with Gasteiger partial charge in [-0.15, -0.1) is 0 Å². The number of likely N-dealkylation sites (tertiary alicyclic amines) is 1. The number of piperidine rings is 1. The van der Waals surface area contributed by atoms with Gasteiger partial charge in [0.15, 0.2) is 18.6 Å². The molecule has 14 heteroatoms. The molecule has 0 radical (unpaired) electrons. The zero-order valence-electron chi connectivity index (χ0n) is 21.4. The molecular formula is C25H30F3N5O6. The highest BCUT2D eigenvalue weighted by atomic mass is 19.4. The van der Waals surface area contributed by atoms with Crippen LogP contribution >= 0.6 is 0 Å². The number of nitrogens with zero attached hydrogens (tertiary/aromatic N) is 2. The van der Waals surface area contributed by atoms with Crippen LogP contribution in [0.3, 0.4) is 0 Å². The molecule has 2 amide bonds. The maximum absolute atomic E-state index is 12.5. The maximum atomic E-state index is 12.5. The molecule has 3 aromatic rings. The van der Waals surface area contributed by atoms with Gasteiger partial charge in [-0.3, -0.25) is 14.4 Å². The number of halogens is 3. The average Bonchev–Trinajstić information content (AvgIpc) is 3.59. The van der Waals surface area contributed by atoms with E-state index < -0.39 is 18.7 Å². The van der Waals surface area contributed by atoms with Crippen LogP contribution in [-0.2, 0) is 11.2 Å². The smallest absolute Gasteiger partial charge is 0.422 e. The monoisotopic (exact) mass is 553 g/mol. The molecule has 1 aliphatic heterocycles. The summed E-state index contributed by atoms with van der Waals surface area (Å²) in [5.41, 5.74) is 1.08. The molecule has 1 aliphatic rings. The van der Waals surface area contributed by atoms with Gasteiger partial charge < -0.3 is 34.8 Å². The second-order valence-corrected chi connectivity index (χ2v) is 8.69. The number of furan rings is 1. The van der Waals surface area contributed by atoms with Crippen LogP contribution in [0.1, 0.15) is 46.3 Å². The Kier molecular flexibility index (Phi) is 10.1. The Balaban J connectivity index is 0.000000293. The minimum absolute atomic E-state index is 0.149. The van der Waals surface area contributed by atoms with Crippen LogP contribution in [0.2, 0.25) is 0 Å². The van der Waals surface area contributed by atoms with Gasteiger partial charge in [-0.2, -0.15) is 13.2 Å². The summed E-state index contributed by atoms with van der Waals surface area (Å²) in [7, 11) is 1.94. The Bertz CT molecular complexity index is 1270. The molecule has 4 N–H and O–H groups in total. The predicted molar refractivity (Wildman–Crippen MR) is 135 cm³/mol. The molecule has 11 nitrogen and oxygen atoms in total. The highest BCUT2D eigenvalue weighted by molar-refractivity contribution is 6.05. The zero-order valence-corrected chi connectivity index (χ0v) is 21.4. The third kappa shape index (κ3) is 7.80. The van der Waals surface area contributed by atoms with Crippen molar-refractivity contribution in [3.63, 3.8) is 0 Å². The van der Waals surface area contributed by atoms with E-state index in [0.29, 0.717) is 30.1 Å². The number of hydrogen-bond donors (Lipinski definition) is 4. The first-order chi connectivity index (χ1) is 18.6. The molecule has 4 heterocycles. The van der Waals surface area contributed by atoms with E-state index in [1.807, 2.05) is 7.05 Å². The number of ether oxygens (including phenoxy) is 1. The topological polar surface area (TPSA) is 150 Å². The molecule has 0 atom stereocenters. The van der Waals surface area contributed by atoms with Crippen LogP contribution in [0.5, 0.6) is 5.75 Å². The Morgan fingerprint density at radius 1 is 1.33 bits per heavy atom. The van der Waals surface area contributed by atoms with Crippen LogP contribution in [0.25, 0.3) is 11.0 Å². The van der Waals surface area contributed by atoms with Crippen molar-refractivity contribution >= 4 is 34.8 Å². The molecule has 0 unspecified atom stereocenters. The molecular weight excluding hydrogens is 523 g/mol. The fraction of sp³-hybridized carbons (Fsp3) is 0.440. The standard InChI is InChI=1S/C17H14F3N3O4.C8H16N2O2/c1-2-11-12(23-16(25)9-3-4-26-7-9)5-10-14(27-8-17(18,19)20)13(6-24)22-15(10)21-11;1-9-7-2-4-10(5-3-7)8(12)6-11/h3-7H,2,8H2,1H3,(H,21,22)(H,23,25);7,9,11H,2-6H2,1H3. The van der Waals surface area contributed by atoms with E-state index in [0.717, 1.165) is 25.9 Å². The number of nitrogens with one attached hydrogen (secondary N) is 3. The number of aryl methyl sites for hydroxylation is 1. The molecule has 39 heavy (non-hydrogen) atoms. The minimum Gasteiger partial charge on any atom is -0.481 e. The molecule has 0 bridgehead atoms.